The summed E-state index contributed by atoms with van der Waals surface area (Å²) in [7, 11) is 0. The molecule has 0 radical (unpaired) electrons. The zero-order chi connectivity index (χ0) is 17.0. The first-order valence-corrected chi connectivity index (χ1v) is 7.92. The van der Waals surface area contributed by atoms with E-state index in [0.717, 1.165) is 0 Å². The number of aliphatic hydroxyl groups excluding tert-OH is 1. The maximum absolute atomic E-state index is 12.4. The number of β-amino-alcohol motifs (C(OH)–C–C–N with tert-alkyl or cyclic N) is 1. The first kappa shape index (κ1) is 17.6. The van der Waals surface area contributed by atoms with Gasteiger partial charge < -0.3 is 15.2 Å². The van der Waals surface area contributed by atoms with Crippen molar-refractivity contribution in [1.29, 1.82) is 0 Å². The molecule has 126 valence electrons. The highest BCUT2D eigenvalue weighted by molar-refractivity contribution is 6.30. The Morgan fingerprint density at radius 3 is 2.65 bits per heavy atom. The van der Waals surface area contributed by atoms with Crippen LogP contribution in [0.25, 0.3) is 0 Å². The van der Waals surface area contributed by atoms with E-state index < -0.39 is 18.2 Å². The lowest BCUT2D eigenvalue weighted by Gasteiger charge is -2.23. The Labute approximate surface area is 140 Å². The third-order valence-electron chi connectivity index (χ3n) is 3.47. The van der Waals surface area contributed by atoms with Crippen LogP contribution >= 0.6 is 11.6 Å². The van der Waals surface area contributed by atoms with Crippen molar-refractivity contribution in [2.75, 3.05) is 18.5 Å². The fraction of sp³-hybridized carbons (Fsp3) is 0.500. The van der Waals surface area contributed by atoms with E-state index >= 15 is 0 Å². The van der Waals surface area contributed by atoms with Gasteiger partial charge in [0.2, 0.25) is 5.91 Å². The van der Waals surface area contributed by atoms with Crippen molar-refractivity contribution in [1.82, 2.24) is 4.90 Å². The molecule has 2 amide bonds. The molecule has 2 atom stereocenters. The van der Waals surface area contributed by atoms with Gasteiger partial charge in [-0.25, -0.2) is 4.79 Å². The molecule has 2 rings (SSSR count). The lowest BCUT2D eigenvalue weighted by molar-refractivity contribution is -0.120. The van der Waals surface area contributed by atoms with Crippen LogP contribution in [0.4, 0.5) is 10.5 Å². The van der Waals surface area contributed by atoms with Gasteiger partial charge in [0.05, 0.1) is 19.3 Å². The SMILES string of the molecule is CC(C)COC(=O)N1C[C@H](O)C[C@H]1C(=O)Nc1ccc(Cl)cc1. The van der Waals surface area contributed by atoms with Crippen molar-refractivity contribution in [3.05, 3.63) is 29.3 Å². The Morgan fingerprint density at radius 1 is 1.39 bits per heavy atom. The number of ether oxygens (including phenoxy) is 1. The minimum atomic E-state index is -0.750. The van der Waals surface area contributed by atoms with Crippen LogP contribution < -0.4 is 5.32 Å². The van der Waals surface area contributed by atoms with Gasteiger partial charge in [-0.3, -0.25) is 9.69 Å². The molecule has 1 aliphatic rings. The smallest absolute Gasteiger partial charge is 0.410 e. The van der Waals surface area contributed by atoms with E-state index in [-0.39, 0.29) is 31.4 Å². The molecule has 0 aromatic heterocycles. The number of anilines is 1. The maximum atomic E-state index is 12.4. The molecular formula is C16H21ClN2O4. The number of rotatable bonds is 4. The lowest BCUT2D eigenvalue weighted by Crippen LogP contribution is -2.43. The number of likely N-dealkylation sites (tertiary alicyclic amines) is 1. The zero-order valence-electron chi connectivity index (χ0n) is 13.2. The first-order chi connectivity index (χ1) is 10.9. The second kappa shape index (κ2) is 7.66. The summed E-state index contributed by atoms with van der Waals surface area (Å²) < 4.78 is 5.16. The summed E-state index contributed by atoms with van der Waals surface area (Å²) in [5.41, 5.74) is 0.580. The number of carbonyl (C=O) groups is 2. The van der Waals surface area contributed by atoms with Gasteiger partial charge in [0, 0.05) is 17.1 Å². The van der Waals surface area contributed by atoms with Gasteiger partial charge >= 0.3 is 6.09 Å². The topological polar surface area (TPSA) is 78.9 Å². The number of carbonyl (C=O) groups excluding carboxylic acids is 2. The Kier molecular flexibility index (Phi) is 5.85. The molecule has 1 heterocycles. The van der Waals surface area contributed by atoms with E-state index in [9.17, 15) is 14.7 Å². The third-order valence-corrected chi connectivity index (χ3v) is 3.72. The van der Waals surface area contributed by atoms with Crippen molar-refractivity contribution in [2.45, 2.75) is 32.4 Å². The summed E-state index contributed by atoms with van der Waals surface area (Å²) >= 11 is 5.80. The van der Waals surface area contributed by atoms with Gasteiger partial charge in [0.1, 0.15) is 6.04 Å². The Bertz CT molecular complexity index is 562. The molecule has 0 saturated carbocycles. The van der Waals surface area contributed by atoms with Gasteiger partial charge in [-0.15, -0.1) is 0 Å². The number of hydrogen-bond acceptors (Lipinski definition) is 4. The standard InChI is InChI=1S/C16H21ClN2O4/c1-10(2)9-23-16(22)19-8-13(20)7-14(19)15(21)18-12-5-3-11(17)4-6-12/h3-6,10,13-14,20H,7-9H2,1-2H3,(H,18,21)/t13-,14+/m1/s1. The van der Waals surface area contributed by atoms with Crippen LogP contribution in [-0.2, 0) is 9.53 Å². The van der Waals surface area contributed by atoms with E-state index in [0.29, 0.717) is 10.7 Å². The summed E-state index contributed by atoms with van der Waals surface area (Å²) in [5, 5.41) is 13.1. The molecule has 1 aliphatic heterocycles. The van der Waals surface area contributed by atoms with E-state index in [1.165, 1.54) is 4.90 Å². The monoisotopic (exact) mass is 340 g/mol. The molecule has 0 unspecified atom stereocenters. The Morgan fingerprint density at radius 2 is 2.04 bits per heavy atom. The van der Waals surface area contributed by atoms with Crippen LogP contribution in [0, 0.1) is 5.92 Å². The molecule has 23 heavy (non-hydrogen) atoms. The molecule has 1 fully saturated rings. The molecular weight excluding hydrogens is 320 g/mol. The summed E-state index contributed by atoms with van der Waals surface area (Å²) in [5.74, 6) is -0.154. The van der Waals surface area contributed by atoms with Crippen LogP contribution in [0.1, 0.15) is 20.3 Å². The van der Waals surface area contributed by atoms with Crippen LogP contribution in [0.15, 0.2) is 24.3 Å². The molecule has 1 aromatic rings. The van der Waals surface area contributed by atoms with Gasteiger partial charge in [-0.2, -0.15) is 0 Å². The second-order valence-corrected chi connectivity index (χ2v) is 6.46. The number of nitrogens with one attached hydrogen (secondary N) is 1. The Hall–Kier alpha value is -1.79. The summed E-state index contributed by atoms with van der Waals surface area (Å²) in [6, 6.07) is 5.92. The van der Waals surface area contributed by atoms with Gasteiger partial charge in [-0.1, -0.05) is 25.4 Å². The van der Waals surface area contributed by atoms with Gasteiger partial charge in [0.25, 0.3) is 0 Å². The van der Waals surface area contributed by atoms with E-state index in [4.69, 9.17) is 16.3 Å². The van der Waals surface area contributed by atoms with E-state index in [2.05, 4.69) is 5.32 Å². The summed E-state index contributed by atoms with van der Waals surface area (Å²) in [6.07, 6.45) is -1.12. The fourth-order valence-electron chi connectivity index (χ4n) is 2.34. The summed E-state index contributed by atoms with van der Waals surface area (Å²) in [4.78, 5) is 25.8. The molecule has 1 aromatic carbocycles. The quantitative estimate of drug-likeness (QED) is 0.882. The van der Waals surface area contributed by atoms with E-state index in [1.807, 2.05) is 13.8 Å². The zero-order valence-corrected chi connectivity index (χ0v) is 13.9. The van der Waals surface area contributed by atoms with Gasteiger partial charge in [-0.05, 0) is 30.2 Å². The normalized spacial score (nSPS) is 20.7. The summed E-state index contributed by atoms with van der Waals surface area (Å²) in [6.45, 7) is 4.22. The highest BCUT2D eigenvalue weighted by Crippen LogP contribution is 2.21. The lowest BCUT2D eigenvalue weighted by atomic mass is 10.2. The molecule has 2 N–H and O–H groups in total. The fourth-order valence-corrected chi connectivity index (χ4v) is 2.47. The maximum Gasteiger partial charge on any atom is 0.410 e. The van der Waals surface area contributed by atoms with Crippen LogP contribution in [-0.4, -0.2) is 47.3 Å². The van der Waals surface area contributed by atoms with Crippen molar-refractivity contribution < 1.29 is 19.4 Å². The number of hydrogen-bond donors (Lipinski definition) is 2. The van der Waals surface area contributed by atoms with Crippen LogP contribution in [0.5, 0.6) is 0 Å². The number of aliphatic hydroxyl groups is 1. The molecule has 0 aliphatic carbocycles. The van der Waals surface area contributed by atoms with Crippen LogP contribution in [0.3, 0.4) is 0 Å². The first-order valence-electron chi connectivity index (χ1n) is 7.54. The second-order valence-electron chi connectivity index (χ2n) is 6.02. The minimum absolute atomic E-state index is 0.0929. The van der Waals surface area contributed by atoms with Gasteiger partial charge in [0.15, 0.2) is 0 Å². The minimum Gasteiger partial charge on any atom is -0.449 e. The molecule has 6 nitrogen and oxygen atoms in total. The van der Waals surface area contributed by atoms with Crippen molar-refractivity contribution >= 4 is 29.3 Å². The molecule has 7 heteroatoms. The largest absolute Gasteiger partial charge is 0.449 e. The predicted molar refractivity (Wildman–Crippen MR) is 87.4 cm³/mol. The van der Waals surface area contributed by atoms with Crippen LogP contribution in [0.2, 0.25) is 5.02 Å². The number of nitrogens with zero attached hydrogens (tertiary/aromatic N) is 1. The van der Waals surface area contributed by atoms with E-state index in [1.54, 1.807) is 24.3 Å². The number of benzene rings is 1. The highest BCUT2D eigenvalue weighted by atomic mass is 35.5. The molecule has 1 saturated heterocycles. The Balaban J connectivity index is 2.01. The average molecular weight is 341 g/mol. The number of amides is 2. The van der Waals surface area contributed by atoms with Crippen molar-refractivity contribution in [2.24, 2.45) is 5.92 Å². The van der Waals surface area contributed by atoms with Crippen molar-refractivity contribution in [3.63, 3.8) is 0 Å². The highest BCUT2D eigenvalue weighted by Gasteiger charge is 2.39. The molecule has 0 spiro atoms. The molecule has 0 bridgehead atoms. The average Bonchev–Trinajstić information content (AvgIpc) is 2.89. The van der Waals surface area contributed by atoms with Crippen molar-refractivity contribution in [3.8, 4) is 0 Å². The predicted octanol–water partition coefficient (Wildman–Crippen LogP) is 2.51. The third kappa shape index (κ3) is 4.84. The number of halogens is 1.